The summed E-state index contributed by atoms with van der Waals surface area (Å²) in [6.07, 6.45) is 5.24. The molecule has 1 aliphatic carbocycles. The van der Waals surface area contributed by atoms with Gasteiger partial charge in [-0.3, -0.25) is 0 Å². The van der Waals surface area contributed by atoms with Gasteiger partial charge >= 0.3 is 0 Å². The van der Waals surface area contributed by atoms with Crippen LogP contribution in [0, 0.1) is 0 Å². The maximum atomic E-state index is 4.81. The fraction of sp³-hybridized carbons (Fsp3) is 0.692. The van der Waals surface area contributed by atoms with Gasteiger partial charge in [0, 0.05) is 29.5 Å². The number of rotatable bonds is 3. The first kappa shape index (κ1) is 11.3. The molecule has 0 aromatic carbocycles. The van der Waals surface area contributed by atoms with Crippen molar-refractivity contribution in [3.63, 3.8) is 0 Å². The molecule has 1 saturated carbocycles. The highest BCUT2D eigenvalue weighted by atomic mass is 32.2. The van der Waals surface area contributed by atoms with Crippen LogP contribution in [0.3, 0.4) is 0 Å². The topological polar surface area (TPSA) is 37.8 Å². The monoisotopic (exact) mass is 249 g/mol. The van der Waals surface area contributed by atoms with E-state index in [9.17, 15) is 0 Å². The summed E-state index contributed by atoms with van der Waals surface area (Å²) >= 11 is 1.95. The van der Waals surface area contributed by atoms with E-state index in [0.717, 1.165) is 29.7 Å². The van der Waals surface area contributed by atoms with Crippen LogP contribution in [0.5, 0.6) is 0 Å². The average molecular weight is 249 g/mol. The Balaban J connectivity index is 1.96. The molecule has 0 spiro atoms. The number of hydrogen-bond donors (Lipinski definition) is 1. The third-order valence-corrected chi connectivity index (χ3v) is 4.63. The van der Waals surface area contributed by atoms with Gasteiger partial charge in [0.05, 0.1) is 5.69 Å². The molecule has 1 fully saturated rings. The molecule has 17 heavy (non-hydrogen) atoms. The van der Waals surface area contributed by atoms with Crippen LogP contribution < -0.4 is 5.32 Å². The number of anilines is 1. The summed E-state index contributed by atoms with van der Waals surface area (Å²) in [7, 11) is 0. The molecule has 0 unspecified atom stereocenters. The molecule has 0 atom stereocenters. The fourth-order valence-corrected chi connectivity index (χ4v) is 3.79. The summed E-state index contributed by atoms with van der Waals surface area (Å²) in [5, 5.41) is 3.41. The second-order valence-corrected chi connectivity index (χ2v) is 5.85. The summed E-state index contributed by atoms with van der Waals surface area (Å²) in [5.41, 5.74) is 2.63. The van der Waals surface area contributed by atoms with Crippen molar-refractivity contribution in [1.82, 2.24) is 9.97 Å². The highest BCUT2D eigenvalue weighted by Crippen LogP contribution is 2.37. The lowest BCUT2D eigenvalue weighted by Crippen LogP contribution is -2.10. The lowest BCUT2D eigenvalue weighted by molar-refractivity contribution is 0.663. The van der Waals surface area contributed by atoms with Gasteiger partial charge in [-0.25, -0.2) is 9.97 Å². The standard InChI is InChI=1S/C13H19N3S/c1-2-14-13-10-7-17-8-11(10)15-12(16-13)9-5-3-4-6-9/h9H,2-8H2,1H3,(H,14,15,16). The van der Waals surface area contributed by atoms with Crippen molar-refractivity contribution in [3.8, 4) is 0 Å². The number of fused-ring (bicyclic) bond motifs is 1. The van der Waals surface area contributed by atoms with Crippen molar-refractivity contribution in [3.05, 3.63) is 17.1 Å². The van der Waals surface area contributed by atoms with Gasteiger partial charge in [0.15, 0.2) is 0 Å². The highest BCUT2D eigenvalue weighted by molar-refractivity contribution is 7.98. The maximum absolute atomic E-state index is 4.81. The summed E-state index contributed by atoms with van der Waals surface area (Å²) < 4.78 is 0. The third kappa shape index (κ3) is 2.15. The summed E-state index contributed by atoms with van der Waals surface area (Å²) in [6.45, 7) is 3.07. The highest BCUT2D eigenvalue weighted by Gasteiger charge is 2.25. The van der Waals surface area contributed by atoms with Crippen molar-refractivity contribution in [2.24, 2.45) is 0 Å². The van der Waals surface area contributed by atoms with Crippen molar-refractivity contribution in [2.45, 2.75) is 50.0 Å². The first-order valence-corrected chi connectivity index (χ1v) is 7.75. The van der Waals surface area contributed by atoms with Crippen molar-refractivity contribution >= 4 is 17.6 Å². The first-order valence-electron chi connectivity index (χ1n) is 6.59. The quantitative estimate of drug-likeness (QED) is 0.892. The molecule has 0 bridgehead atoms. The third-order valence-electron chi connectivity index (χ3n) is 3.66. The molecule has 3 nitrogen and oxygen atoms in total. The summed E-state index contributed by atoms with van der Waals surface area (Å²) in [6, 6.07) is 0. The second-order valence-electron chi connectivity index (χ2n) is 4.86. The van der Waals surface area contributed by atoms with E-state index in [1.807, 2.05) is 11.8 Å². The van der Waals surface area contributed by atoms with Crippen LogP contribution in [0.15, 0.2) is 0 Å². The van der Waals surface area contributed by atoms with Gasteiger partial charge in [0.25, 0.3) is 0 Å². The van der Waals surface area contributed by atoms with E-state index in [-0.39, 0.29) is 0 Å². The number of thioether (sulfide) groups is 1. The molecular formula is C13H19N3S. The second kappa shape index (κ2) is 4.84. The molecule has 0 amide bonds. The molecule has 2 aliphatic rings. The van der Waals surface area contributed by atoms with Crippen molar-refractivity contribution < 1.29 is 0 Å². The molecule has 1 aliphatic heterocycles. The van der Waals surface area contributed by atoms with Gasteiger partial charge in [0.1, 0.15) is 11.6 Å². The predicted molar refractivity (Wildman–Crippen MR) is 72.4 cm³/mol. The Hall–Kier alpha value is -0.770. The molecule has 0 saturated heterocycles. The molecular weight excluding hydrogens is 230 g/mol. The van der Waals surface area contributed by atoms with Gasteiger partial charge in [-0.15, -0.1) is 0 Å². The Bertz CT molecular complexity index is 413. The van der Waals surface area contributed by atoms with Crippen molar-refractivity contribution in [1.29, 1.82) is 0 Å². The van der Waals surface area contributed by atoms with Crippen LogP contribution in [-0.2, 0) is 11.5 Å². The van der Waals surface area contributed by atoms with Gasteiger partial charge in [-0.2, -0.15) is 11.8 Å². The normalized spacial score (nSPS) is 19.6. The Kier molecular flexibility index (Phi) is 3.23. The lowest BCUT2D eigenvalue weighted by Gasteiger charge is -2.13. The van der Waals surface area contributed by atoms with E-state index in [4.69, 9.17) is 9.97 Å². The van der Waals surface area contributed by atoms with E-state index >= 15 is 0 Å². The van der Waals surface area contributed by atoms with Gasteiger partial charge < -0.3 is 5.32 Å². The fourth-order valence-electron chi connectivity index (χ4n) is 2.75. The Morgan fingerprint density at radius 1 is 1.24 bits per heavy atom. The lowest BCUT2D eigenvalue weighted by atomic mass is 10.1. The smallest absolute Gasteiger partial charge is 0.134 e. The Morgan fingerprint density at radius 3 is 2.82 bits per heavy atom. The molecule has 4 heteroatoms. The van der Waals surface area contributed by atoms with Gasteiger partial charge in [-0.1, -0.05) is 12.8 Å². The van der Waals surface area contributed by atoms with Crippen LogP contribution in [0.4, 0.5) is 5.82 Å². The van der Waals surface area contributed by atoms with Gasteiger partial charge in [-0.05, 0) is 19.8 Å². The number of hydrogen-bond acceptors (Lipinski definition) is 4. The predicted octanol–water partition coefficient (Wildman–Crippen LogP) is 3.31. The van der Waals surface area contributed by atoms with Crippen molar-refractivity contribution in [2.75, 3.05) is 11.9 Å². The number of nitrogens with one attached hydrogen (secondary N) is 1. The molecule has 92 valence electrons. The van der Waals surface area contributed by atoms with Crippen LogP contribution >= 0.6 is 11.8 Å². The van der Waals surface area contributed by atoms with Crippen LogP contribution in [0.25, 0.3) is 0 Å². The largest absolute Gasteiger partial charge is 0.370 e. The molecule has 2 heterocycles. The van der Waals surface area contributed by atoms with E-state index < -0.39 is 0 Å². The molecule has 1 aromatic rings. The number of nitrogens with zero attached hydrogens (tertiary/aromatic N) is 2. The van der Waals surface area contributed by atoms with Crippen LogP contribution in [-0.4, -0.2) is 16.5 Å². The minimum Gasteiger partial charge on any atom is -0.370 e. The van der Waals surface area contributed by atoms with Gasteiger partial charge in [0.2, 0.25) is 0 Å². The van der Waals surface area contributed by atoms with Crippen LogP contribution in [0.2, 0.25) is 0 Å². The minimum absolute atomic E-state index is 0.614. The molecule has 1 N–H and O–H groups in total. The Labute approximate surface area is 107 Å². The van der Waals surface area contributed by atoms with Crippen LogP contribution in [0.1, 0.15) is 55.6 Å². The zero-order valence-electron chi connectivity index (χ0n) is 10.3. The Morgan fingerprint density at radius 2 is 2.06 bits per heavy atom. The van der Waals surface area contributed by atoms with E-state index in [2.05, 4.69) is 12.2 Å². The number of aromatic nitrogens is 2. The summed E-state index contributed by atoms with van der Waals surface area (Å²) in [5.74, 6) is 4.95. The average Bonchev–Trinajstić information content (AvgIpc) is 3.00. The molecule has 1 aromatic heterocycles. The maximum Gasteiger partial charge on any atom is 0.134 e. The molecule has 3 rings (SSSR count). The minimum atomic E-state index is 0.614. The van der Waals surface area contributed by atoms with E-state index in [1.54, 1.807) is 0 Å². The summed E-state index contributed by atoms with van der Waals surface area (Å²) in [4.78, 5) is 9.59. The van der Waals surface area contributed by atoms with E-state index in [1.165, 1.54) is 36.9 Å². The first-order chi connectivity index (χ1) is 8.38. The SMILES string of the molecule is CCNc1nc(C2CCCC2)nc2c1CSC2. The van der Waals surface area contributed by atoms with E-state index in [0.29, 0.717) is 5.92 Å². The molecule has 0 radical (unpaired) electrons. The zero-order chi connectivity index (χ0) is 11.7. The zero-order valence-corrected chi connectivity index (χ0v) is 11.1.